The molecule has 1 saturated carbocycles. The molecule has 0 amide bonds. The number of aliphatic hydroxyl groups excluding tert-OH is 1. The van der Waals surface area contributed by atoms with Crippen LogP contribution in [0.1, 0.15) is 18.4 Å². The number of hydrogen-bond donors (Lipinski definition) is 1. The van der Waals surface area contributed by atoms with E-state index in [1.807, 2.05) is 18.2 Å². The minimum atomic E-state index is 0.190. The third-order valence-electron chi connectivity index (χ3n) is 2.21. The molecule has 0 saturated heterocycles. The molecule has 0 bridgehead atoms. The predicted molar refractivity (Wildman–Crippen MR) is 58.6 cm³/mol. The number of aliphatic hydroxyl groups is 1. The molecule has 0 aromatic heterocycles. The molecule has 1 aromatic carbocycles. The van der Waals surface area contributed by atoms with E-state index in [1.54, 1.807) is 0 Å². The molecule has 1 aliphatic rings. The molecule has 0 atom stereocenters. The summed E-state index contributed by atoms with van der Waals surface area (Å²) in [5, 5.41) is 8.79. The quantitative estimate of drug-likeness (QED) is 0.898. The smallest absolute Gasteiger partial charge is 0.133 e. The average molecular weight is 257 g/mol. The summed E-state index contributed by atoms with van der Waals surface area (Å²) in [6.45, 7) is 0.190. The molecule has 1 N–H and O–H groups in total. The van der Waals surface area contributed by atoms with Gasteiger partial charge in [-0.25, -0.2) is 0 Å². The van der Waals surface area contributed by atoms with E-state index in [9.17, 15) is 0 Å². The van der Waals surface area contributed by atoms with Crippen LogP contribution in [0.25, 0.3) is 0 Å². The molecule has 1 aromatic rings. The molecule has 76 valence electrons. The first-order valence-electron chi connectivity index (χ1n) is 4.85. The zero-order valence-electron chi connectivity index (χ0n) is 7.87. The number of halogens is 1. The fourth-order valence-corrected chi connectivity index (χ4v) is 1.81. The van der Waals surface area contributed by atoms with Crippen LogP contribution >= 0.6 is 15.9 Å². The van der Waals surface area contributed by atoms with Gasteiger partial charge in [-0.3, -0.25) is 0 Å². The van der Waals surface area contributed by atoms with Gasteiger partial charge < -0.3 is 9.84 Å². The van der Waals surface area contributed by atoms with E-state index in [4.69, 9.17) is 9.84 Å². The maximum atomic E-state index is 8.79. The lowest BCUT2D eigenvalue weighted by molar-refractivity contribution is 0.297. The van der Waals surface area contributed by atoms with Crippen molar-refractivity contribution in [1.29, 1.82) is 0 Å². The lowest BCUT2D eigenvalue weighted by Gasteiger charge is -2.08. The summed E-state index contributed by atoms with van der Waals surface area (Å²) in [6, 6.07) is 5.97. The minimum Gasteiger partial charge on any atom is -0.489 e. The molecule has 0 heterocycles. The normalized spacial score (nSPS) is 15.6. The van der Waals surface area contributed by atoms with Gasteiger partial charge in [-0.05, 0) is 52.9 Å². The van der Waals surface area contributed by atoms with Crippen molar-refractivity contribution >= 4 is 15.9 Å². The third kappa shape index (κ3) is 2.49. The van der Waals surface area contributed by atoms with Gasteiger partial charge in [0.15, 0.2) is 0 Å². The first-order chi connectivity index (χ1) is 6.79. The van der Waals surface area contributed by atoms with E-state index in [1.165, 1.54) is 12.8 Å². The Labute approximate surface area is 92.0 Å². The second-order valence-corrected chi connectivity index (χ2v) is 4.41. The molecule has 2 nitrogen and oxygen atoms in total. The Hall–Kier alpha value is -0.540. The van der Waals surface area contributed by atoms with Crippen molar-refractivity contribution in [1.82, 2.24) is 0 Å². The summed E-state index contributed by atoms with van der Waals surface area (Å²) >= 11 is 3.47. The maximum Gasteiger partial charge on any atom is 0.133 e. The highest BCUT2D eigenvalue weighted by atomic mass is 79.9. The fourth-order valence-electron chi connectivity index (χ4n) is 1.29. The first-order valence-corrected chi connectivity index (χ1v) is 5.65. The highest BCUT2D eigenvalue weighted by Crippen LogP contribution is 2.32. The van der Waals surface area contributed by atoms with Crippen molar-refractivity contribution in [2.45, 2.75) is 25.4 Å². The Bertz CT molecular complexity index is 321. The van der Waals surface area contributed by atoms with Crippen LogP contribution in [0.15, 0.2) is 22.7 Å². The third-order valence-corrected chi connectivity index (χ3v) is 2.83. The molecular weight excluding hydrogens is 244 g/mol. The van der Waals surface area contributed by atoms with Crippen LogP contribution in [0.5, 0.6) is 5.75 Å². The van der Waals surface area contributed by atoms with E-state index in [-0.39, 0.29) is 6.61 Å². The molecule has 3 heteroatoms. The average Bonchev–Trinajstić information content (AvgIpc) is 2.94. The number of ether oxygens (including phenoxy) is 1. The Balaban J connectivity index is 2.09. The van der Waals surface area contributed by atoms with Crippen molar-refractivity contribution in [2.24, 2.45) is 0 Å². The van der Waals surface area contributed by atoms with Gasteiger partial charge in [0.2, 0.25) is 0 Å². The topological polar surface area (TPSA) is 29.5 Å². The zero-order chi connectivity index (χ0) is 9.97. The van der Waals surface area contributed by atoms with Crippen LogP contribution in [-0.2, 0) is 6.42 Å². The summed E-state index contributed by atoms with van der Waals surface area (Å²) in [5.41, 5.74) is 1.13. The van der Waals surface area contributed by atoms with Gasteiger partial charge in [0.1, 0.15) is 5.75 Å². The van der Waals surface area contributed by atoms with E-state index in [2.05, 4.69) is 15.9 Å². The Morgan fingerprint density at radius 3 is 2.79 bits per heavy atom. The molecule has 0 spiro atoms. The van der Waals surface area contributed by atoms with Crippen molar-refractivity contribution in [3.8, 4) is 5.75 Å². The van der Waals surface area contributed by atoms with Gasteiger partial charge in [-0.2, -0.15) is 0 Å². The van der Waals surface area contributed by atoms with E-state index in [0.717, 1.165) is 15.8 Å². The monoisotopic (exact) mass is 256 g/mol. The van der Waals surface area contributed by atoms with Crippen LogP contribution in [-0.4, -0.2) is 17.8 Å². The highest BCUT2D eigenvalue weighted by Gasteiger charge is 2.24. The minimum absolute atomic E-state index is 0.190. The van der Waals surface area contributed by atoms with Gasteiger partial charge in [0.05, 0.1) is 10.6 Å². The summed E-state index contributed by atoms with van der Waals surface area (Å²) in [7, 11) is 0. The summed E-state index contributed by atoms with van der Waals surface area (Å²) in [6.07, 6.45) is 3.47. The second-order valence-electron chi connectivity index (χ2n) is 3.56. The van der Waals surface area contributed by atoms with E-state index in [0.29, 0.717) is 12.5 Å². The standard InChI is InChI=1S/C11H13BrO2/c12-10-7-8(5-6-13)1-4-11(10)14-9-2-3-9/h1,4,7,9,13H,2-3,5-6H2. The highest BCUT2D eigenvalue weighted by molar-refractivity contribution is 9.10. The molecule has 1 aliphatic carbocycles. The van der Waals surface area contributed by atoms with Crippen LogP contribution in [0, 0.1) is 0 Å². The van der Waals surface area contributed by atoms with Crippen molar-refractivity contribution < 1.29 is 9.84 Å². The molecule has 1 fully saturated rings. The number of hydrogen-bond acceptors (Lipinski definition) is 2. The van der Waals surface area contributed by atoms with Gasteiger partial charge in [0, 0.05) is 6.61 Å². The summed E-state index contributed by atoms with van der Waals surface area (Å²) < 4.78 is 6.66. The van der Waals surface area contributed by atoms with Crippen LogP contribution in [0.2, 0.25) is 0 Å². The Morgan fingerprint density at radius 2 is 2.21 bits per heavy atom. The first kappa shape index (κ1) is 9.99. The Kier molecular flexibility index (Phi) is 3.08. The fraction of sp³-hybridized carbons (Fsp3) is 0.455. The molecule has 2 rings (SSSR count). The molecule has 0 unspecified atom stereocenters. The Morgan fingerprint density at radius 1 is 1.43 bits per heavy atom. The van der Waals surface area contributed by atoms with Crippen LogP contribution in [0.4, 0.5) is 0 Å². The van der Waals surface area contributed by atoms with Crippen molar-refractivity contribution in [3.05, 3.63) is 28.2 Å². The summed E-state index contributed by atoms with van der Waals surface area (Å²) in [4.78, 5) is 0. The molecule has 0 aliphatic heterocycles. The second kappa shape index (κ2) is 4.32. The van der Waals surface area contributed by atoms with Crippen molar-refractivity contribution in [2.75, 3.05) is 6.61 Å². The number of benzene rings is 1. The van der Waals surface area contributed by atoms with E-state index >= 15 is 0 Å². The SMILES string of the molecule is OCCc1ccc(OC2CC2)c(Br)c1. The van der Waals surface area contributed by atoms with Gasteiger partial charge in [0.25, 0.3) is 0 Å². The molecule has 14 heavy (non-hydrogen) atoms. The lowest BCUT2D eigenvalue weighted by Crippen LogP contribution is -1.97. The zero-order valence-corrected chi connectivity index (χ0v) is 9.46. The molecule has 0 radical (unpaired) electrons. The molecular formula is C11H13BrO2. The van der Waals surface area contributed by atoms with Gasteiger partial charge >= 0.3 is 0 Å². The number of rotatable bonds is 4. The van der Waals surface area contributed by atoms with Crippen LogP contribution in [0.3, 0.4) is 0 Å². The van der Waals surface area contributed by atoms with Crippen molar-refractivity contribution in [3.63, 3.8) is 0 Å². The predicted octanol–water partition coefficient (Wildman–Crippen LogP) is 2.53. The maximum absolute atomic E-state index is 8.79. The lowest BCUT2D eigenvalue weighted by atomic mass is 10.1. The van der Waals surface area contributed by atoms with E-state index < -0.39 is 0 Å². The summed E-state index contributed by atoms with van der Waals surface area (Å²) in [5.74, 6) is 0.911. The largest absolute Gasteiger partial charge is 0.489 e. The van der Waals surface area contributed by atoms with Gasteiger partial charge in [-0.1, -0.05) is 6.07 Å². The van der Waals surface area contributed by atoms with Gasteiger partial charge in [-0.15, -0.1) is 0 Å². The van der Waals surface area contributed by atoms with Crippen LogP contribution < -0.4 is 4.74 Å².